The van der Waals surface area contributed by atoms with Crippen molar-refractivity contribution >= 4 is 37.5 Å². The van der Waals surface area contributed by atoms with Crippen LogP contribution < -0.4 is 9.62 Å². The minimum absolute atomic E-state index is 0.0314. The average molecular weight is 375 g/mol. The van der Waals surface area contributed by atoms with Gasteiger partial charge in [0.25, 0.3) is 0 Å². The fourth-order valence-electron chi connectivity index (χ4n) is 2.21. The molecule has 0 atom stereocenters. The molecule has 7 heteroatoms. The molecule has 1 fully saturated rings. The Hall–Kier alpha value is -1.08. The van der Waals surface area contributed by atoms with E-state index in [2.05, 4.69) is 21.2 Å². The molecule has 0 unspecified atom stereocenters. The Morgan fingerprint density at radius 2 is 2.14 bits per heavy atom. The minimum Gasteiger partial charge on any atom is -0.354 e. The van der Waals surface area contributed by atoms with Gasteiger partial charge in [-0.25, -0.2) is 8.42 Å². The first-order chi connectivity index (χ1) is 9.88. The Balaban J connectivity index is 1.99. The maximum atomic E-state index is 11.9. The molecule has 0 aliphatic heterocycles. The molecule has 1 aliphatic rings. The van der Waals surface area contributed by atoms with Crippen LogP contribution in [0.5, 0.6) is 0 Å². The first-order valence-electron chi connectivity index (χ1n) is 6.89. The van der Waals surface area contributed by atoms with Gasteiger partial charge in [0.1, 0.15) is 0 Å². The van der Waals surface area contributed by atoms with E-state index in [4.69, 9.17) is 0 Å². The van der Waals surface area contributed by atoms with Crippen molar-refractivity contribution in [1.29, 1.82) is 0 Å². The molecule has 1 aliphatic carbocycles. The Kier molecular flexibility index (Phi) is 5.27. The van der Waals surface area contributed by atoms with Gasteiger partial charge < -0.3 is 5.32 Å². The second-order valence-electron chi connectivity index (χ2n) is 5.23. The number of carbonyl (C=O) groups is 1. The van der Waals surface area contributed by atoms with Crippen molar-refractivity contribution in [3.05, 3.63) is 28.7 Å². The lowest BCUT2D eigenvalue weighted by Gasteiger charge is -2.26. The Bertz CT molecular complexity index is 614. The van der Waals surface area contributed by atoms with Crippen molar-refractivity contribution in [2.45, 2.75) is 19.3 Å². The van der Waals surface area contributed by atoms with Crippen LogP contribution in [-0.4, -0.2) is 33.7 Å². The van der Waals surface area contributed by atoms with Crippen LogP contribution in [0.4, 0.5) is 5.69 Å². The summed E-state index contributed by atoms with van der Waals surface area (Å²) < 4.78 is 26.0. The van der Waals surface area contributed by atoms with E-state index in [1.54, 1.807) is 18.2 Å². The largest absolute Gasteiger partial charge is 0.354 e. The van der Waals surface area contributed by atoms with Gasteiger partial charge in [-0.15, -0.1) is 0 Å². The lowest BCUT2D eigenvalue weighted by molar-refractivity contribution is -0.127. The summed E-state index contributed by atoms with van der Waals surface area (Å²) in [4.78, 5) is 11.8. The third-order valence-corrected chi connectivity index (χ3v) is 5.27. The number of sulfonamides is 1. The highest BCUT2D eigenvalue weighted by Crippen LogP contribution is 2.26. The SMILES string of the molecule is CS(=O)(=O)N(CCNC(=O)C1CCC1)c1cccc(Br)c1. The molecule has 1 saturated carbocycles. The molecule has 0 bridgehead atoms. The third kappa shape index (κ3) is 4.44. The van der Waals surface area contributed by atoms with E-state index in [-0.39, 0.29) is 18.4 Å². The highest BCUT2D eigenvalue weighted by atomic mass is 79.9. The van der Waals surface area contributed by atoms with Gasteiger partial charge in [-0.3, -0.25) is 9.10 Å². The monoisotopic (exact) mass is 374 g/mol. The lowest BCUT2D eigenvalue weighted by atomic mass is 9.85. The number of anilines is 1. The number of rotatable bonds is 6. The number of nitrogens with one attached hydrogen (secondary N) is 1. The number of nitrogens with zero attached hydrogens (tertiary/aromatic N) is 1. The molecule has 0 heterocycles. The van der Waals surface area contributed by atoms with E-state index in [1.165, 1.54) is 10.6 Å². The third-order valence-electron chi connectivity index (χ3n) is 3.59. The van der Waals surface area contributed by atoms with Crippen molar-refractivity contribution in [3.8, 4) is 0 Å². The predicted octanol–water partition coefficient (Wildman–Crippen LogP) is 2.13. The Morgan fingerprint density at radius 3 is 2.67 bits per heavy atom. The van der Waals surface area contributed by atoms with Gasteiger partial charge in [-0.2, -0.15) is 0 Å². The summed E-state index contributed by atoms with van der Waals surface area (Å²) in [6.07, 6.45) is 4.15. The minimum atomic E-state index is -3.38. The first kappa shape index (κ1) is 16.3. The van der Waals surface area contributed by atoms with Gasteiger partial charge in [0.15, 0.2) is 0 Å². The standard InChI is InChI=1S/C14H19BrN2O3S/c1-21(19,20)17(13-7-3-6-12(15)10-13)9-8-16-14(18)11-4-2-5-11/h3,6-7,10-11H,2,4-5,8-9H2,1H3,(H,16,18). The van der Waals surface area contributed by atoms with Crippen molar-refractivity contribution in [1.82, 2.24) is 5.32 Å². The van der Waals surface area contributed by atoms with E-state index in [0.29, 0.717) is 12.2 Å². The summed E-state index contributed by atoms with van der Waals surface area (Å²) in [6.45, 7) is 0.544. The zero-order chi connectivity index (χ0) is 15.5. The summed E-state index contributed by atoms with van der Waals surface area (Å²) in [5.41, 5.74) is 0.588. The van der Waals surface area contributed by atoms with Gasteiger partial charge in [0.2, 0.25) is 15.9 Å². The fraction of sp³-hybridized carbons (Fsp3) is 0.500. The second-order valence-corrected chi connectivity index (χ2v) is 8.06. The van der Waals surface area contributed by atoms with Gasteiger partial charge in [0, 0.05) is 16.9 Å². The summed E-state index contributed by atoms with van der Waals surface area (Å²) in [6, 6.07) is 7.10. The average Bonchev–Trinajstić information content (AvgIpc) is 2.30. The van der Waals surface area contributed by atoms with Crippen LogP contribution >= 0.6 is 15.9 Å². The molecule has 1 aromatic carbocycles. The Labute approximate surface area is 133 Å². The molecule has 2 rings (SSSR count). The van der Waals surface area contributed by atoms with Crippen LogP contribution in [0, 0.1) is 5.92 Å². The number of halogens is 1. The fourth-order valence-corrected chi connectivity index (χ4v) is 3.52. The van der Waals surface area contributed by atoms with Crippen LogP contribution in [-0.2, 0) is 14.8 Å². The lowest BCUT2D eigenvalue weighted by Crippen LogP contribution is -2.41. The van der Waals surface area contributed by atoms with E-state index in [9.17, 15) is 13.2 Å². The highest BCUT2D eigenvalue weighted by molar-refractivity contribution is 9.10. The molecule has 1 aromatic rings. The zero-order valence-corrected chi connectivity index (χ0v) is 14.3. The molecule has 0 spiro atoms. The van der Waals surface area contributed by atoms with E-state index < -0.39 is 10.0 Å². The quantitative estimate of drug-likeness (QED) is 0.829. The van der Waals surface area contributed by atoms with Crippen molar-refractivity contribution in [2.24, 2.45) is 5.92 Å². The number of amides is 1. The zero-order valence-electron chi connectivity index (χ0n) is 11.9. The van der Waals surface area contributed by atoms with Gasteiger partial charge in [0.05, 0.1) is 18.5 Å². The molecular weight excluding hydrogens is 356 g/mol. The molecule has 0 radical (unpaired) electrons. The molecule has 1 amide bonds. The summed E-state index contributed by atoms with van der Waals surface area (Å²) >= 11 is 3.33. The summed E-state index contributed by atoms with van der Waals surface area (Å²) in [7, 11) is -3.38. The van der Waals surface area contributed by atoms with Crippen molar-refractivity contribution < 1.29 is 13.2 Å². The van der Waals surface area contributed by atoms with E-state index in [1.807, 2.05) is 6.07 Å². The van der Waals surface area contributed by atoms with E-state index >= 15 is 0 Å². The molecule has 116 valence electrons. The van der Waals surface area contributed by atoms with Crippen molar-refractivity contribution in [2.75, 3.05) is 23.7 Å². The maximum absolute atomic E-state index is 11.9. The molecule has 1 N–H and O–H groups in total. The van der Waals surface area contributed by atoms with Gasteiger partial charge in [-0.1, -0.05) is 28.4 Å². The topological polar surface area (TPSA) is 66.5 Å². The van der Waals surface area contributed by atoms with Crippen LogP contribution in [0.2, 0.25) is 0 Å². The van der Waals surface area contributed by atoms with Crippen LogP contribution in [0.3, 0.4) is 0 Å². The number of hydrogen-bond acceptors (Lipinski definition) is 3. The number of hydrogen-bond donors (Lipinski definition) is 1. The maximum Gasteiger partial charge on any atom is 0.232 e. The molecule has 5 nitrogen and oxygen atoms in total. The summed E-state index contributed by atoms with van der Waals surface area (Å²) in [5.74, 6) is 0.145. The van der Waals surface area contributed by atoms with Crippen LogP contribution in [0.25, 0.3) is 0 Å². The molecule has 21 heavy (non-hydrogen) atoms. The second kappa shape index (κ2) is 6.79. The Morgan fingerprint density at radius 1 is 1.43 bits per heavy atom. The van der Waals surface area contributed by atoms with Gasteiger partial charge >= 0.3 is 0 Å². The van der Waals surface area contributed by atoms with Crippen molar-refractivity contribution in [3.63, 3.8) is 0 Å². The summed E-state index contributed by atoms with van der Waals surface area (Å²) in [5, 5.41) is 2.81. The first-order valence-corrected chi connectivity index (χ1v) is 9.53. The van der Waals surface area contributed by atoms with Crippen LogP contribution in [0.1, 0.15) is 19.3 Å². The molecule has 0 saturated heterocycles. The number of carbonyl (C=O) groups excluding carboxylic acids is 1. The highest BCUT2D eigenvalue weighted by Gasteiger charge is 2.25. The molecular formula is C14H19BrN2O3S. The van der Waals surface area contributed by atoms with Crippen LogP contribution in [0.15, 0.2) is 28.7 Å². The molecule has 0 aromatic heterocycles. The smallest absolute Gasteiger partial charge is 0.232 e. The van der Waals surface area contributed by atoms with E-state index in [0.717, 1.165) is 23.7 Å². The number of benzene rings is 1. The van der Waals surface area contributed by atoms with Gasteiger partial charge in [-0.05, 0) is 31.0 Å². The predicted molar refractivity (Wildman–Crippen MR) is 86.7 cm³/mol. The normalized spacial score (nSPS) is 15.3.